The van der Waals surface area contributed by atoms with E-state index in [9.17, 15) is 13.5 Å². The highest BCUT2D eigenvalue weighted by atomic mass is 32.2. The minimum absolute atomic E-state index is 0.0236. The molecule has 0 fully saturated rings. The summed E-state index contributed by atoms with van der Waals surface area (Å²) in [5.74, 6) is 0.519. The van der Waals surface area contributed by atoms with Crippen molar-refractivity contribution in [2.24, 2.45) is 5.92 Å². The fourth-order valence-corrected chi connectivity index (χ4v) is 3.27. The summed E-state index contributed by atoms with van der Waals surface area (Å²) in [7, 11) is -3.58. The average molecular weight is 374 g/mol. The number of aromatic nitrogens is 3. The zero-order valence-electron chi connectivity index (χ0n) is 15.3. The highest BCUT2D eigenvalue weighted by Gasteiger charge is 2.21. The van der Waals surface area contributed by atoms with Crippen molar-refractivity contribution in [1.82, 2.24) is 15.0 Å². The molecule has 0 amide bonds. The highest BCUT2D eigenvalue weighted by molar-refractivity contribution is 7.90. The van der Waals surface area contributed by atoms with Gasteiger partial charge >= 0.3 is 0 Å². The summed E-state index contributed by atoms with van der Waals surface area (Å²) in [5, 5.41) is 11.6. The van der Waals surface area contributed by atoms with Gasteiger partial charge in [0.15, 0.2) is 11.3 Å². The summed E-state index contributed by atoms with van der Waals surface area (Å²) in [6.45, 7) is 7.48. The van der Waals surface area contributed by atoms with Crippen LogP contribution in [0.2, 0.25) is 0 Å². The van der Waals surface area contributed by atoms with Crippen LogP contribution in [0.25, 0.3) is 22.7 Å². The lowest BCUT2D eigenvalue weighted by atomic mass is 10.1. The number of hydrogen-bond acceptors (Lipinski definition) is 6. The molecule has 7 nitrogen and oxygen atoms in total. The minimum atomic E-state index is -3.58. The van der Waals surface area contributed by atoms with Crippen LogP contribution < -0.4 is 0 Å². The minimum Gasteiger partial charge on any atom is -0.418 e. The maximum atomic E-state index is 11.9. The van der Waals surface area contributed by atoms with Gasteiger partial charge in [0, 0.05) is 11.8 Å². The lowest BCUT2D eigenvalue weighted by molar-refractivity contribution is 0.348. The van der Waals surface area contributed by atoms with E-state index in [1.807, 2.05) is 13.8 Å². The second kappa shape index (κ2) is 6.35. The summed E-state index contributed by atoms with van der Waals surface area (Å²) in [5.41, 5.74) is 2.94. The number of oxazole rings is 1. The van der Waals surface area contributed by atoms with Crippen molar-refractivity contribution in [3.05, 3.63) is 29.0 Å². The summed E-state index contributed by atoms with van der Waals surface area (Å²) < 4.78 is 29.5. The van der Waals surface area contributed by atoms with E-state index in [0.29, 0.717) is 34.3 Å². The van der Waals surface area contributed by atoms with Gasteiger partial charge in [0.05, 0.1) is 5.69 Å². The van der Waals surface area contributed by atoms with E-state index in [4.69, 9.17) is 4.42 Å². The molecule has 0 saturated heterocycles. The normalized spacial score (nSPS) is 12.2. The summed E-state index contributed by atoms with van der Waals surface area (Å²) in [6, 6.07) is 3.40. The Morgan fingerprint density at radius 2 is 1.69 bits per heavy atom. The van der Waals surface area contributed by atoms with Crippen LogP contribution >= 0.6 is 0 Å². The Morgan fingerprint density at radius 1 is 1.08 bits per heavy atom. The fraction of sp³-hybridized carbons (Fsp3) is 0.389. The predicted molar refractivity (Wildman–Crippen MR) is 96.3 cm³/mol. The monoisotopic (exact) mass is 374 g/mol. The van der Waals surface area contributed by atoms with Crippen LogP contribution in [0, 0.1) is 19.8 Å². The molecule has 137 valence electrons. The van der Waals surface area contributed by atoms with Crippen molar-refractivity contribution < 1.29 is 17.9 Å². The van der Waals surface area contributed by atoms with E-state index in [-0.39, 0.29) is 28.4 Å². The Bertz CT molecular complexity index is 1080. The van der Waals surface area contributed by atoms with Crippen molar-refractivity contribution in [1.29, 1.82) is 0 Å². The Kier molecular flexibility index (Phi) is 4.47. The van der Waals surface area contributed by atoms with E-state index >= 15 is 0 Å². The standard InChI is InChI=1S/C18H20N3O4S/c1-9(2)6-13-14-17(21-18(19-13)26(5,23)24)25-16(20-14)12-7-10(3)15(22)11(4)8-12/h7-9H,6H2,1-5H3. The van der Waals surface area contributed by atoms with Crippen molar-refractivity contribution in [2.75, 3.05) is 6.26 Å². The first-order valence-electron chi connectivity index (χ1n) is 8.22. The maximum Gasteiger partial charge on any atom is 0.251 e. The van der Waals surface area contributed by atoms with E-state index in [0.717, 1.165) is 6.26 Å². The van der Waals surface area contributed by atoms with Gasteiger partial charge in [0.25, 0.3) is 5.71 Å². The van der Waals surface area contributed by atoms with E-state index in [2.05, 4.69) is 15.0 Å². The van der Waals surface area contributed by atoms with Crippen LogP contribution in [-0.4, -0.2) is 29.6 Å². The van der Waals surface area contributed by atoms with Crippen molar-refractivity contribution in [3.8, 4) is 17.2 Å². The number of aryl methyl sites for hydroxylation is 2. The maximum absolute atomic E-state index is 11.9. The number of nitrogens with zero attached hydrogens (tertiary/aromatic N) is 3. The number of benzene rings is 1. The van der Waals surface area contributed by atoms with Gasteiger partial charge < -0.3 is 4.42 Å². The Morgan fingerprint density at radius 3 is 2.23 bits per heavy atom. The quantitative estimate of drug-likeness (QED) is 0.645. The molecule has 3 rings (SSSR count). The van der Waals surface area contributed by atoms with E-state index in [1.165, 1.54) is 0 Å². The molecule has 3 aromatic rings. The third-order valence-corrected chi connectivity index (χ3v) is 4.80. The van der Waals surface area contributed by atoms with Crippen LogP contribution in [0.15, 0.2) is 21.7 Å². The molecule has 0 unspecified atom stereocenters. The van der Waals surface area contributed by atoms with Gasteiger partial charge in [-0.1, -0.05) is 13.8 Å². The number of fused-ring (bicyclic) bond motifs is 1. The summed E-state index contributed by atoms with van der Waals surface area (Å²) in [4.78, 5) is 12.7. The third-order valence-electron chi connectivity index (χ3n) is 3.95. The van der Waals surface area contributed by atoms with Gasteiger partial charge in [0.1, 0.15) is 0 Å². The Balaban J connectivity index is 2.24. The zero-order chi connectivity index (χ0) is 19.2. The molecule has 1 radical (unpaired) electrons. The molecule has 0 bridgehead atoms. The van der Waals surface area contributed by atoms with Crippen molar-refractivity contribution in [3.63, 3.8) is 0 Å². The first kappa shape index (κ1) is 18.3. The molecule has 2 aromatic heterocycles. The first-order chi connectivity index (χ1) is 12.1. The second-order valence-electron chi connectivity index (χ2n) is 6.93. The van der Waals surface area contributed by atoms with Crippen LogP contribution in [0.4, 0.5) is 0 Å². The summed E-state index contributed by atoms with van der Waals surface area (Å²) >= 11 is 0. The highest BCUT2D eigenvalue weighted by Crippen LogP contribution is 2.31. The number of rotatable bonds is 4. The number of hydrogen-bond donors (Lipinski definition) is 0. The smallest absolute Gasteiger partial charge is 0.251 e. The predicted octanol–water partition coefficient (Wildman–Crippen LogP) is 3.65. The molecule has 8 heteroatoms. The van der Waals surface area contributed by atoms with Crippen molar-refractivity contribution >= 4 is 21.1 Å². The molecular weight excluding hydrogens is 354 g/mol. The molecule has 0 spiro atoms. The first-order valence-corrected chi connectivity index (χ1v) is 10.1. The largest absolute Gasteiger partial charge is 0.418 e. The van der Waals surface area contributed by atoms with Crippen LogP contribution in [-0.2, 0) is 21.4 Å². The lowest BCUT2D eigenvalue weighted by Gasteiger charge is -2.05. The van der Waals surface area contributed by atoms with E-state index < -0.39 is 9.84 Å². The molecule has 0 aliphatic rings. The van der Waals surface area contributed by atoms with Crippen LogP contribution in [0.1, 0.15) is 30.7 Å². The van der Waals surface area contributed by atoms with E-state index in [1.54, 1.807) is 26.0 Å². The van der Waals surface area contributed by atoms with Gasteiger partial charge in [-0.15, -0.1) is 0 Å². The molecule has 0 atom stereocenters. The van der Waals surface area contributed by atoms with Gasteiger partial charge in [-0.05, 0) is 49.4 Å². The molecule has 26 heavy (non-hydrogen) atoms. The Hall–Kier alpha value is -2.48. The molecule has 0 aliphatic carbocycles. The molecule has 0 saturated carbocycles. The topological polar surface area (TPSA) is 106 Å². The van der Waals surface area contributed by atoms with Gasteiger partial charge in [-0.2, -0.15) is 4.98 Å². The molecule has 1 aromatic carbocycles. The Labute approximate surface area is 152 Å². The molecular formula is C18H20N3O4S. The van der Waals surface area contributed by atoms with Gasteiger partial charge in [-0.25, -0.2) is 18.4 Å². The lowest BCUT2D eigenvalue weighted by Crippen LogP contribution is -2.08. The fourth-order valence-electron chi connectivity index (χ4n) is 2.75. The molecule has 0 aliphatic heterocycles. The zero-order valence-corrected chi connectivity index (χ0v) is 16.1. The van der Waals surface area contributed by atoms with Crippen LogP contribution in [0.5, 0.6) is 5.75 Å². The molecule has 0 N–H and O–H groups in total. The molecule has 2 heterocycles. The van der Waals surface area contributed by atoms with Crippen molar-refractivity contribution in [2.45, 2.75) is 39.3 Å². The SMILES string of the molecule is Cc1cc(-c2nc3c(CC(C)C)nc(S(C)(=O)=O)nc3o2)cc(C)c1[O]. The number of sulfone groups is 1. The van der Waals surface area contributed by atoms with Gasteiger partial charge in [0.2, 0.25) is 20.9 Å². The van der Waals surface area contributed by atoms with Crippen LogP contribution in [0.3, 0.4) is 0 Å². The average Bonchev–Trinajstić information content (AvgIpc) is 2.95. The second-order valence-corrected chi connectivity index (χ2v) is 8.84. The summed E-state index contributed by atoms with van der Waals surface area (Å²) in [6.07, 6.45) is 1.61. The van der Waals surface area contributed by atoms with Gasteiger partial charge in [-0.3, -0.25) is 5.11 Å². The third kappa shape index (κ3) is 3.41.